The number of benzene rings is 2. The molecule has 24 heavy (non-hydrogen) atoms. The fourth-order valence-corrected chi connectivity index (χ4v) is 3.00. The van der Waals surface area contributed by atoms with Crippen LogP contribution in [0.2, 0.25) is 0 Å². The molecule has 5 heteroatoms. The number of methoxy groups -OCH3 is 1. The highest BCUT2D eigenvalue weighted by Crippen LogP contribution is 2.24. The minimum absolute atomic E-state index is 0.211. The zero-order chi connectivity index (χ0) is 17.9. The Morgan fingerprint density at radius 1 is 1.21 bits per heavy atom. The third-order valence-electron chi connectivity index (χ3n) is 4.00. The van der Waals surface area contributed by atoms with Crippen LogP contribution in [-0.4, -0.2) is 24.5 Å². The third kappa shape index (κ3) is 3.67. The Kier molecular flexibility index (Phi) is 5.12. The van der Waals surface area contributed by atoms with Crippen molar-refractivity contribution in [3.05, 3.63) is 42.0 Å². The summed E-state index contributed by atoms with van der Waals surface area (Å²) in [6.07, 6.45) is 0.471. The molecular formula is C19H24N2O3. The summed E-state index contributed by atoms with van der Waals surface area (Å²) < 4.78 is 4.87. The molecule has 3 N–H and O–H groups in total. The van der Waals surface area contributed by atoms with Crippen LogP contribution < -0.4 is 11.1 Å². The first-order chi connectivity index (χ1) is 11.3. The Morgan fingerprint density at radius 3 is 2.33 bits per heavy atom. The summed E-state index contributed by atoms with van der Waals surface area (Å²) in [4.78, 5) is 24.9. The van der Waals surface area contributed by atoms with Crippen LogP contribution in [-0.2, 0) is 9.53 Å². The Labute approximate surface area is 142 Å². The van der Waals surface area contributed by atoms with E-state index in [1.54, 1.807) is 19.1 Å². The van der Waals surface area contributed by atoms with Crippen LogP contribution in [0.5, 0.6) is 0 Å². The largest absolute Gasteiger partial charge is 0.467 e. The molecule has 2 rings (SSSR count). The van der Waals surface area contributed by atoms with Crippen molar-refractivity contribution >= 4 is 28.3 Å². The van der Waals surface area contributed by atoms with Gasteiger partial charge in [-0.1, -0.05) is 38.1 Å². The van der Waals surface area contributed by atoms with Crippen molar-refractivity contribution in [1.82, 2.24) is 5.32 Å². The number of carbonyl (C=O) groups excluding carboxylic acids is 2. The Balaban J connectivity index is 2.36. The molecule has 5 nitrogen and oxygen atoms in total. The maximum absolute atomic E-state index is 12.7. The number of carbonyl (C=O) groups is 2. The van der Waals surface area contributed by atoms with E-state index >= 15 is 0 Å². The smallest absolute Gasteiger partial charge is 0.331 e. The normalized spacial score (nSPS) is 13.5. The standard InChI is InChI=1S/C19H24N2O3/c1-12(2)11-19(3,18(23)24-4)21-17(22)15-9-13-7-5-6-8-14(13)10-16(15)20/h5-10,12H,11,20H2,1-4H3,(H,21,22). The summed E-state index contributed by atoms with van der Waals surface area (Å²) in [5.74, 6) is -0.640. The van der Waals surface area contributed by atoms with E-state index in [-0.39, 0.29) is 11.8 Å². The van der Waals surface area contributed by atoms with Gasteiger partial charge in [0, 0.05) is 5.69 Å². The van der Waals surface area contributed by atoms with Crippen LogP contribution in [0.3, 0.4) is 0 Å². The van der Waals surface area contributed by atoms with Crippen LogP contribution in [0.15, 0.2) is 36.4 Å². The summed E-state index contributed by atoms with van der Waals surface area (Å²) in [5.41, 5.74) is 5.67. The van der Waals surface area contributed by atoms with Gasteiger partial charge in [0.2, 0.25) is 0 Å². The lowest BCUT2D eigenvalue weighted by Crippen LogP contribution is -2.53. The minimum atomic E-state index is -1.10. The third-order valence-corrected chi connectivity index (χ3v) is 4.00. The van der Waals surface area contributed by atoms with Gasteiger partial charge in [0.05, 0.1) is 12.7 Å². The van der Waals surface area contributed by atoms with Crippen molar-refractivity contribution < 1.29 is 14.3 Å². The van der Waals surface area contributed by atoms with Gasteiger partial charge in [0.1, 0.15) is 5.54 Å². The van der Waals surface area contributed by atoms with Crippen molar-refractivity contribution in [3.8, 4) is 0 Å². The lowest BCUT2D eigenvalue weighted by Gasteiger charge is -2.29. The Hall–Kier alpha value is -2.56. The molecular weight excluding hydrogens is 304 g/mol. The molecule has 128 valence electrons. The first kappa shape index (κ1) is 17.8. The number of nitrogens with two attached hydrogens (primary N) is 1. The summed E-state index contributed by atoms with van der Waals surface area (Å²) in [5, 5.41) is 4.68. The van der Waals surface area contributed by atoms with Crippen molar-refractivity contribution in [3.63, 3.8) is 0 Å². The van der Waals surface area contributed by atoms with Crippen LogP contribution in [0, 0.1) is 5.92 Å². The summed E-state index contributed by atoms with van der Waals surface area (Å²) in [7, 11) is 1.32. The first-order valence-corrected chi connectivity index (χ1v) is 7.96. The van der Waals surface area contributed by atoms with Crippen molar-refractivity contribution in [2.24, 2.45) is 5.92 Å². The highest BCUT2D eigenvalue weighted by atomic mass is 16.5. The van der Waals surface area contributed by atoms with E-state index in [1.165, 1.54) is 7.11 Å². The van der Waals surface area contributed by atoms with Gasteiger partial charge in [-0.3, -0.25) is 4.79 Å². The molecule has 0 aromatic heterocycles. The van der Waals surface area contributed by atoms with Crippen molar-refractivity contribution in [2.75, 3.05) is 12.8 Å². The van der Waals surface area contributed by atoms with Gasteiger partial charge in [-0.25, -0.2) is 4.79 Å². The second-order valence-corrected chi connectivity index (χ2v) is 6.66. The van der Waals surface area contributed by atoms with Crippen molar-refractivity contribution in [1.29, 1.82) is 0 Å². The number of rotatable bonds is 5. The topological polar surface area (TPSA) is 81.4 Å². The zero-order valence-corrected chi connectivity index (χ0v) is 14.6. The zero-order valence-electron chi connectivity index (χ0n) is 14.6. The molecule has 0 aliphatic heterocycles. The van der Waals surface area contributed by atoms with E-state index in [9.17, 15) is 9.59 Å². The van der Waals surface area contributed by atoms with E-state index in [2.05, 4.69) is 5.32 Å². The molecule has 0 fully saturated rings. The second-order valence-electron chi connectivity index (χ2n) is 6.66. The van der Waals surface area contributed by atoms with Gasteiger partial charge in [-0.2, -0.15) is 0 Å². The van der Waals surface area contributed by atoms with Crippen LogP contribution >= 0.6 is 0 Å². The predicted octanol–water partition coefficient (Wildman–Crippen LogP) is 3.13. The Morgan fingerprint density at radius 2 is 1.79 bits per heavy atom. The average molecular weight is 328 g/mol. The van der Waals surface area contributed by atoms with Gasteiger partial charge in [0.25, 0.3) is 5.91 Å². The highest BCUT2D eigenvalue weighted by molar-refractivity contribution is 6.05. The van der Waals surface area contributed by atoms with Crippen LogP contribution in [0.1, 0.15) is 37.6 Å². The molecule has 0 saturated heterocycles. The molecule has 0 heterocycles. The lowest BCUT2D eigenvalue weighted by molar-refractivity contribution is -0.148. The van der Waals surface area contributed by atoms with E-state index in [1.807, 2.05) is 38.1 Å². The summed E-state index contributed by atoms with van der Waals surface area (Å²) in [6.45, 7) is 5.64. The quantitative estimate of drug-likeness (QED) is 0.652. The maximum atomic E-state index is 12.7. The van der Waals surface area contributed by atoms with Crippen molar-refractivity contribution in [2.45, 2.75) is 32.7 Å². The van der Waals surface area contributed by atoms with E-state index in [0.29, 0.717) is 17.7 Å². The number of nitrogen functional groups attached to an aromatic ring is 1. The lowest BCUT2D eigenvalue weighted by atomic mass is 9.90. The van der Waals surface area contributed by atoms with Gasteiger partial charge in [0.15, 0.2) is 0 Å². The molecule has 0 spiro atoms. The fourth-order valence-electron chi connectivity index (χ4n) is 3.00. The number of amides is 1. The molecule has 2 aromatic carbocycles. The number of nitrogens with one attached hydrogen (secondary N) is 1. The molecule has 2 aromatic rings. The summed E-state index contributed by atoms with van der Waals surface area (Å²) >= 11 is 0. The molecule has 0 aliphatic carbocycles. The number of hydrogen-bond acceptors (Lipinski definition) is 4. The predicted molar refractivity (Wildman–Crippen MR) is 95.7 cm³/mol. The van der Waals surface area contributed by atoms with Crippen LogP contribution in [0.4, 0.5) is 5.69 Å². The van der Waals surface area contributed by atoms with Gasteiger partial charge in [-0.05, 0) is 42.2 Å². The van der Waals surface area contributed by atoms with E-state index in [0.717, 1.165) is 10.8 Å². The molecule has 1 unspecified atom stereocenters. The first-order valence-electron chi connectivity index (χ1n) is 7.96. The van der Waals surface area contributed by atoms with Gasteiger partial charge in [-0.15, -0.1) is 0 Å². The van der Waals surface area contributed by atoms with E-state index < -0.39 is 11.5 Å². The second kappa shape index (κ2) is 6.91. The average Bonchev–Trinajstić information content (AvgIpc) is 2.52. The minimum Gasteiger partial charge on any atom is -0.467 e. The van der Waals surface area contributed by atoms with E-state index in [4.69, 9.17) is 10.5 Å². The van der Waals surface area contributed by atoms with Gasteiger partial charge < -0.3 is 15.8 Å². The monoisotopic (exact) mass is 328 g/mol. The number of hydrogen-bond donors (Lipinski definition) is 2. The number of esters is 1. The Bertz CT molecular complexity index is 770. The maximum Gasteiger partial charge on any atom is 0.331 e. The molecule has 0 radical (unpaired) electrons. The summed E-state index contributed by atoms with van der Waals surface area (Å²) in [6, 6.07) is 11.2. The number of anilines is 1. The number of ether oxygens (including phenoxy) is 1. The van der Waals surface area contributed by atoms with Gasteiger partial charge >= 0.3 is 5.97 Å². The fraction of sp³-hybridized carbons (Fsp3) is 0.368. The molecule has 1 amide bonds. The van der Waals surface area contributed by atoms with Crippen LogP contribution in [0.25, 0.3) is 10.8 Å². The highest BCUT2D eigenvalue weighted by Gasteiger charge is 2.37. The SMILES string of the molecule is COC(=O)C(C)(CC(C)C)NC(=O)c1cc2ccccc2cc1N. The molecule has 1 atom stereocenters. The number of fused-ring (bicyclic) bond motifs is 1. The molecule has 0 bridgehead atoms. The molecule has 0 saturated carbocycles. The molecule has 0 aliphatic rings.